The van der Waals surface area contributed by atoms with Crippen molar-refractivity contribution in [3.63, 3.8) is 0 Å². The van der Waals surface area contributed by atoms with Gasteiger partial charge in [-0.05, 0) is 127 Å². The second-order valence-corrected chi connectivity index (χ2v) is 18.2. The van der Waals surface area contributed by atoms with Crippen LogP contribution in [0.15, 0.2) is 255 Å². The highest BCUT2D eigenvalue weighted by molar-refractivity contribution is 6.17. The Hall–Kier alpha value is -8.98. The molecular weight excluding hydrogens is 833 g/mol. The van der Waals surface area contributed by atoms with Gasteiger partial charge in [-0.15, -0.1) is 0 Å². The molecule has 11 aromatic carbocycles. The fourth-order valence-corrected chi connectivity index (χ4v) is 12.0. The minimum Gasteiger partial charge on any atom is -0.309 e. The highest BCUT2D eigenvalue weighted by atomic mass is 15.0. The number of fused-ring (bicyclic) bond motifs is 16. The molecule has 0 N–H and O–H groups in total. The molecular formula is C67H42N2. The van der Waals surface area contributed by atoms with E-state index < -0.39 is 17.5 Å². The number of nitrogens with zero attached hydrogens (tertiary/aromatic N) is 2. The first-order valence-electron chi connectivity index (χ1n) is 26.9. The van der Waals surface area contributed by atoms with E-state index in [9.17, 15) is 6.85 Å². The number of benzene rings is 11. The van der Waals surface area contributed by atoms with E-state index in [0.717, 1.165) is 94.3 Å². The van der Waals surface area contributed by atoms with Crippen LogP contribution in [0.3, 0.4) is 0 Å². The highest BCUT2D eigenvalue weighted by Gasteiger charge is 2.52. The van der Waals surface area contributed by atoms with Gasteiger partial charge in [0.05, 0.1) is 42.8 Å². The molecule has 0 aliphatic heterocycles. The highest BCUT2D eigenvalue weighted by Crippen LogP contribution is 2.63. The molecule has 0 fully saturated rings. The maximum Gasteiger partial charge on any atom is 0.0726 e. The molecule has 1 spiro atoms. The summed E-state index contributed by atoms with van der Waals surface area (Å²) in [5.41, 5.74) is 16.7. The maximum atomic E-state index is 10.3. The molecule has 0 amide bonds. The standard InChI is InChI=1S/C67H42N2/c1-3-17-43(18-4-1)44-33-37-48(38-34-44)68-62-40-36-47(42-55(62)65-49(25-15-31-63(65)68)45-19-5-2-6-20-45)46-35-39-61-54(41-46)52-23-10-14-30-60(52)69(61)64-32-16-29-59-66(64)53-24-9-13-28-58(53)67(59)56-26-11-7-21-50(56)51-22-8-12-27-57(51)67/h1-42H/i10D,14D,23D,30D,35D,39D,41D. The molecule has 2 heteroatoms. The Labute approximate surface area is 410 Å². The van der Waals surface area contributed by atoms with Crippen molar-refractivity contribution in [2.24, 2.45) is 0 Å². The average molecular weight is 882 g/mol. The predicted molar refractivity (Wildman–Crippen MR) is 288 cm³/mol. The smallest absolute Gasteiger partial charge is 0.0726 e. The largest absolute Gasteiger partial charge is 0.309 e. The third-order valence-electron chi connectivity index (χ3n) is 14.8. The van der Waals surface area contributed by atoms with Gasteiger partial charge in [0.15, 0.2) is 0 Å². The quantitative estimate of drug-likeness (QED) is 0.163. The summed E-state index contributed by atoms with van der Waals surface area (Å²) in [6, 6.07) is 71.1. The van der Waals surface area contributed by atoms with Crippen molar-refractivity contribution < 1.29 is 9.60 Å². The summed E-state index contributed by atoms with van der Waals surface area (Å²) in [4.78, 5) is 0. The Kier molecular flexibility index (Phi) is 6.70. The molecule has 2 aromatic heterocycles. The van der Waals surface area contributed by atoms with Crippen LogP contribution in [0.2, 0.25) is 0 Å². The lowest BCUT2D eigenvalue weighted by Gasteiger charge is -2.30. The minimum absolute atomic E-state index is 0.0873. The van der Waals surface area contributed by atoms with E-state index in [0.29, 0.717) is 11.3 Å². The van der Waals surface area contributed by atoms with Crippen molar-refractivity contribution in [2.45, 2.75) is 5.41 Å². The summed E-state index contributed by atoms with van der Waals surface area (Å²) in [6.07, 6.45) is 0. The first-order chi connectivity index (χ1) is 37.2. The van der Waals surface area contributed by atoms with E-state index in [-0.39, 0.29) is 57.6 Å². The molecule has 0 radical (unpaired) electrons. The molecule has 2 heterocycles. The molecule has 2 aliphatic carbocycles. The number of hydrogen-bond donors (Lipinski definition) is 0. The van der Waals surface area contributed by atoms with E-state index in [1.807, 2.05) is 72.8 Å². The Morgan fingerprint density at radius 2 is 0.913 bits per heavy atom. The third-order valence-corrected chi connectivity index (χ3v) is 14.8. The minimum atomic E-state index is -0.709. The molecule has 0 bridgehead atoms. The molecule has 320 valence electrons. The van der Waals surface area contributed by atoms with Crippen LogP contribution in [-0.2, 0) is 5.41 Å². The van der Waals surface area contributed by atoms with Gasteiger partial charge in [-0.2, -0.15) is 0 Å². The van der Waals surface area contributed by atoms with E-state index in [1.165, 1.54) is 0 Å². The monoisotopic (exact) mass is 881 g/mol. The topological polar surface area (TPSA) is 9.86 Å². The van der Waals surface area contributed by atoms with E-state index >= 15 is 0 Å². The Balaban J connectivity index is 1.01. The van der Waals surface area contributed by atoms with Crippen molar-refractivity contribution in [2.75, 3.05) is 0 Å². The van der Waals surface area contributed by atoms with Crippen LogP contribution in [0.5, 0.6) is 0 Å². The molecule has 2 aliphatic rings. The van der Waals surface area contributed by atoms with Gasteiger partial charge in [-0.1, -0.05) is 200 Å². The van der Waals surface area contributed by atoms with Gasteiger partial charge in [0.1, 0.15) is 0 Å². The molecule has 13 aromatic rings. The first-order valence-corrected chi connectivity index (χ1v) is 23.4. The van der Waals surface area contributed by atoms with E-state index in [2.05, 4.69) is 144 Å². The van der Waals surface area contributed by atoms with Gasteiger partial charge in [-0.25, -0.2) is 0 Å². The Bertz CT molecular complexity index is 4610. The number of aromatic nitrogens is 2. The molecule has 69 heavy (non-hydrogen) atoms. The SMILES string of the molecule is [2H]c1c([2H])c([2H])c2c(c1[2H])c1c([2H])c(-c3ccc4c(c3)c3c(-c5ccccc5)cccc3n4-c3ccc(-c4ccccc4)cc3)c([2H])c([2H])c1n2-c1cccc2c1-c1ccccc1C21c2ccccc2-c2ccccc21. The second kappa shape index (κ2) is 14.5. The van der Waals surface area contributed by atoms with Gasteiger partial charge >= 0.3 is 0 Å². The Morgan fingerprint density at radius 1 is 0.333 bits per heavy atom. The summed E-state index contributed by atoms with van der Waals surface area (Å²) in [6.45, 7) is 0. The predicted octanol–water partition coefficient (Wildman–Crippen LogP) is 17.2. The van der Waals surface area contributed by atoms with Crippen LogP contribution in [0.4, 0.5) is 0 Å². The number of hydrogen-bond acceptors (Lipinski definition) is 0. The fraction of sp³-hybridized carbons (Fsp3) is 0.0149. The van der Waals surface area contributed by atoms with E-state index in [4.69, 9.17) is 2.74 Å². The molecule has 0 atom stereocenters. The maximum absolute atomic E-state index is 10.3. The van der Waals surface area contributed by atoms with Crippen LogP contribution >= 0.6 is 0 Å². The molecule has 2 nitrogen and oxygen atoms in total. The van der Waals surface area contributed by atoms with Crippen molar-refractivity contribution in [3.05, 3.63) is 277 Å². The lowest BCUT2D eigenvalue weighted by atomic mass is 9.70. The van der Waals surface area contributed by atoms with Crippen LogP contribution < -0.4 is 0 Å². The van der Waals surface area contributed by atoms with Gasteiger partial charge in [0, 0.05) is 32.8 Å². The zero-order valence-corrected chi connectivity index (χ0v) is 37.1. The first kappa shape index (κ1) is 31.9. The molecule has 0 saturated carbocycles. The van der Waals surface area contributed by atoms with Crippen molar-refractivity contribution >= 4 is 43.6 Å². The van der Waals surface area contributed by atoms with Gasteiger partial charge in [0.25, 0.3) is 0 Å². The van der Waals surface area contributed by atoms with Crippen molar-refractivity contribution in [1.82, 2.24) is 9.13 Å². The van der Waals surface area contributed by atoms with Crippen LogP contribution in [0.1, 0.15) is 31.8 Å². The van der Waals surface area contributed by atoms with E-state index in [1.54, 1.807) is 4.57 Å². The van der Waals surface area contributed by atoms with Crippen molar-refractivity contribution in [1.29, 1.82) is 0 Å². The van der Waals surface area contributed by atoms with Crippen LogP contribution in [0.25, 0.3) is 111 Å². The van der Waals surface area contributed by atoms with Gasteiger partial charge in [-0.3, -0.25) is 0 Å². The summed E-state index contributed by atoms with van der Waals surface area (Å²) >= 11 is 0. The summed E-state index contributed by atoms with van der Waals surface area (Å²) in [7, 11) is 0. The third kappa shape index (κ3) is 5.26. The fourth-order valence-electron chi connectivity index (χ4n) is 12.0. The van der Waals surface area contributed by atoms with Crippen LogP contribution in [-0.4, -0.2) is 9.13 Å². The Morgan fingerprint density at radius 3 is 1.67 bits per heavy atom. The molecule has 0 saturated heterocycles. The molecule has 0 unspecified atom stereocenters. The molecule has 15 rings (SSSR count). The number of para-hydroxylation sites is 1. The lowest BCUT2D eigenvalue weighted by molar-refractivity contribution is 0.793. The second-order valence-electron chi connectivity index (χ2n) is 18.2. The van der Waals surface area contributed by atoms with Crippen LogP contribution in [0, 0.1) is 0 Å². The van der Waals surface area contributed by atoms with Gasteiger partial charge < -0.3 is 9.13 Å². The lowest BCUT2D eigenvalue weighted by Crippen LogP contribution is -2.25. The van der Waals surface area contributed by atoms with Gasteiger partial charge in [0.2, 0.25) is 0 Å². The van der Waals surface area contributed by atoms with Crippen molar-refractivity contribution in [3.8, 4) is 67.0 Å². The average Bonchev–Trinajstić information content (AvgIpc) is 4.39. The summed E-state index contributed by atoms with van der Waals surface area (Å²) in [5, 5.41) is 2.23. The number of rotatable bonds is 5. The zero-order valence-electron chi connectivity index (χ0n) is 44.1. The summed E-state index contributed by atoms with van der Waals surface area (Å²) in [5.74, 6) is 0. The summed E-state index contributed by atoms with van der Waals surface area (Å²) < 4.78 is 71.9. The normalized spacial score (nSPS) is 14.5. The zero-order chi connectivity index (χ0) is 51.3.